The maximum absolute atomic E-state index is 5.89. The van der Waals surface area contributed by atoms with Crippen molar-refractivity contribution >= 4 is 11.1 Å². The molecule has 1 N–H and O–H groups in total. The lowest BCUT2D eigenvalue weighted by Crippen LogP contribution is -2.34. The summed E-state index contributed by atoms with van der Waals surface area (Å²) in [5.74, 6) is 1.64. The summed E-state index contributed by atoms with van der Waals surface area (Å²) in [5.41, 5.74) is 1.55. The summed E-state index contributed by atoms with van der Waals surface area (Å²) in [7, 11) is 1.65. The molecular formula is C15H20N2O3. The molecule has 1 fully saturated rings. The molecule has 0 bridgehead atoms. The van der Waals surface area contributed by atoms with Crippen LogP contribution >= 0.6 is 0 Å². The zero-order valence-corrected chi connectivity index (χ0v) is 11.9. The maximum atomic E-state index is 5.89. The molecule has 2 heterocycles. The van der Waals surface area contributed by atoms with Crippen LogP contribution in [0.2, 0.25) is 0 Å². The Labute approximate surface area is 118 Å². The van der Waals surface area contributed by atoms with E-state index < -0.39 is 0 Å². The van der Waals surface area contributed by atoms with E-state index in [0.29, 0.717) is 13.2 Å². The van der Waals surface area contributed by atoms with Gasteiger partial charge in [0.2, 0.25) is 5.89 Å². The molecule has 0 saturated carbocycles. The summed E-state index contributed by atoms with van der Waals surface area (Å²) in [6.45, 7) is 4.49. The van der Waals surface area contributed by atoms with E-state index >= 15 is 0 Å². The van der Waals surface area contributed by atoms with Crippen molar-refractivity contribution in [1.29, 1.82) is 0 Å². The van der Waals surface area contributed by atoms with Crippen molar-refractivity contribution < 1.29 is 13.9 Å². The quantitative estimate of drug-likeness (QED) is 0.908. The Balaban J connectivity index is 1.89. The van der Waals surface area contributed by atoms with Crippen LogP contribution in [0.1, 0.15) is 25.2 Å². The molecule has 1 aromatic heterocycles. The van der Waals surface area contributed by atoms with Crippen LogP contribution in [-0.2, 0) is 4.74 Å². The first kappa shape index (κ1) is 13.4. The normalized spacial score (nSPS) is 22.5. The molecule has 2 unspecified atom stereocenters. The minimum absolute atomic E-state index is 0.165. The molecule has 0 aliphatic carbocycles. The van der Waals surface area contributed by atoms with Crippen LogP contribution in [0.15, 0.2) is 22.6 Å². The zero-order chi connectivity index (χ0) is 13.9. The van der Waals surface area contributed by atoms with Crippen LogP contribution in [0, 0.1) is 0 Å². The number of para-hydroxylation sites is 1. The Morgan fingerprint density at radius 3 is 3.10 bits per heavy atom. The molecule has 0 spiro atoms. The molecule has 5 nitrogen and oxygen atoms in total. The summed E-state index contributed by atoms with van der Waals surface area (Å²) >= 11 is 0. The van der Waals surface area contributed by atoms with Crippen molar-refractivity contribution in [2.45, 2.75) is 25.3 Å². The van der Waals surface area contributed by atoms with Gasteiger partial charge in [-0.2, -0.15) is 0 Å². The molecule has 20 heavy (non-hydrogen) atoms. The number of ether oxygens (including phenoxy) is 2. The molecule has 1 aliphatic rings. The molecule has 1 aromatic carbocycles. The zero-order valence-electron chi connectivity index (χ0n) is 11.9. The highest BCUT2D eigenvalue weighted by Gasteiger charge is 2.33. The number of methoxy groups -OCH3 is 1. The van der Waals surface area contributed by atoms with E-state index in [4.69, 9.17) is 13.9 Å². The van der Waals surface area contributed by atoms with E-state index in [2.05, 4.69) is 17.2 Å². The van der Waals surface area contributed by atoms with E-state index in [1.165, 1.54) is 0 Å². The first-order chi connectivity index (χ1) is 9.83. The second-order valence-electron chi connectivity index (χ2n) is 5.06. The van der Waals surface area contributed by atoms with Gasteiger partial charge >= 0.3 is 0 Å². The third-order valence-corrected chi connectivity index (χ3v) is 3.67. The fraction of sp³-hybridized carbons (Fsp3) is 0.533. The van der Waals surface area contributed by atoms with Crippen molar-refractivity contribution in [1.82, 2.24) is 10.3 Å². The number of hydrogen-bond donors (Lipinski definition) is 1. The number of rotatable bonds is 5. The van der Waals surface area contributed by atoms with Crippen molar-refractivity contribution in [2.24, 2.45) is 0 Å². The van der Waals surface area contributed by atoms with E-state index in [1.807, 2.05) is 18.2 Å². The van der Waals surface area contributed by atoms with Gasteiger partial charge in [-0.1, -0.05) is 13.0 Å². The summed E-state index contributed by atoms with van der Waals surface area (Å²) < 4.78 is 16.8. The van der Waals surface area contributed by atoms with Gasteiger partial charge in [0.1, 0.15) is 5.75 Å². The lowest BCUT2D eigenvalue weighted by Gasteiger charge is -2.15. The lowest BCUT2D eigenvalue weighted by molar-refractivity contribution is 0.186. The van der Waals surface area contributed by atoms with E-state index in [1.54, 1.807) is 7.11 Å². The average Bonchev–Trinajstić information content (AvgIpc) is 3.10. The molecule has 3 rings (SSSR count). The monoisotopic (exact) mass is 276 g/mol. The Hall–Kier alpha value is -1.59. The maximum Gasteiger partial charge on any atom is 0.202 e. The summed E-state index contributed by atoms with van der Waals surface area (Å²) in [6, 6.07) is 5.99. The lowest BCUT2D eigenvalue weighted by atomic mass is 10.0. The summed E-state index contributed by atoms with van der Waals surface area (Å²) in [4.78, 5) is 4.61. The van der Waals surface area contributed by atoms with Gasteiger partial charge in [-0.15, -0.1) is 0 Å². The van der Waals surface area contributed by atoms with Gasteiger partial charge in [-0.25, -0.2) is 4.98 Å². The number of aromatic nitrogens is 1. The molecule has 2 atom stereocenters. The Morgan fingerprint density at radius 2 is 2.30 bits per heavy atom. The highest BCUT2D eigenvalue weighted by Crippen LogP contribution is 2.31. The third-order valence-electron chi connectivity index (χ3n) is 3.67. The van der Waals surface area contributed by atoms with Crippen LogP contribution in [-0.4, -0.2) is 37.9 Å². The van der Waals surface area contributed by atoms with Crippen LogP contribution in [0.3, 0.4) is 0 Å². The Kier molecular flexibility index (Phi) is 3.89. The fourth-order valence-corrected chi connectivity index (χ4v) is 2.59. The minimum Gasteiger partial charge on any atom is -0.494 e. The van der Waals surface area contributed by atoms with Crippen LogP contribution < -0.4 is 10.1 Å². The molecule has 108 valence electrons. The SMILES string of the molecule is CCCNC1COCC1c1nc2c(OC)cccc2o1. The van der Waals surface area contributed by atoms with Crippen LogP contribution in [0.5, 0.6) is 5.75 Å². The van der Waals surface area contributed by atoms with Gasteiger partial charge in [-0.05, 0) is 25.1 Å². The van der Waals surface area contributed by atoms with Crippen molar-refractivity contribution in [2.75, 3.05) is 26.9 Å². The number of fused-ring (bicyclic) bond motifs is 1. The third kappa shape index (κ3) is 2.39. The molecule has 1 saturated heterocycles. The summed E-state index contributed by atoms with van der Waals surface area (Å²) in [6.07, 6.45) is 1.10. The van der Waals surface area contributed by atoms with Gasteiger partial charge in [0, 0.05) is 6.04 Å². The number of hydrogen-bond acceptors (Lipinski definition) is 5. The highest BCUT2D eigenvalue weighted by molar-refractivity contribution is 5.79. The first-order valence-corrected chi connectivity index (χ1v) is 7.08. The molecule has 1 aliphatic heterocycles. The number of nitrogens with one attached hydrogen (secondary N) is 1. The number of nitrogens with zero attached hydrogens (tertiary/aromatic N) is 1. The second kappa shape index (κ2) is 5.81. The van der Waals surface area contributed by atoms with Crippen molar-refractivity contribution in [3.8, 4) is 5.75 Å². The molecule has 5 heteroatoms. The van der Waals surface area contributed by atoms with E-state index in [9.17, 15) is 0 Å². The van der Waals surface area contributed by atoms with Crippen molar-refractivity contribution in [3.63, 3.8) is 0 Å². The summed E-state index contributed by atoms with van der Waals surface area (Å²) in [5, 5.41) is 3.50. The Morgan fingerprint density at radius 1 is 1.40 bits per heavy atom. The van der Waals surface area contributed by atoms with Gasteiger partial charge in [0.15, 0.2) is 11.1 Å². The van der Waals surface area contributed by atoms with Gasteiger partial charge in [0.25, 0.3) is 0 Å². The van der Waals surface area contributed by atoms with Gasteiger partial charge in [-0.3, -0.25) is 0 Å². The largest absolute Gasteiger partial charge is 0.494 e. The van der Waals surface area contributed by atoms with Crippen LogP contribution in [0.4, 0.5) is 0 Å². The van der Waals surface area contributed by atoms with Crippen LogP contribution in [0.25, 0.3) is 11.1 Å². The fourth-order valence-electron chi connectivity index (χ4n) is 2.59. The minimum atomic E-state index is 0.165. The second-order valence-corrected chi connectivity index (χ2v) is 5.06. The van der Waals surface area contributed by atoms with Crippen molar-refractivity contribution in [3.05, 3.63) is 24.1 Å². The van der Waals surface area contributed by atoms with E-state index in [-0.39, 0.29) is 12.0 Å². The van der Waals surface area contributed by atoms with E-state index in [0.717, 1.165) is 35.7 Å². The number of oxazole rings is 1. The molecule has 0 amide bonds. The average molecular weight is 276 g/mol. The molecule has 0 radical (unpaired) electrons. The van der Waals surface area contributed by atoms with Gasteiger partial charge in [0.05, 0.1) is 26.2 Å². The first-order valence-electron chi connectivity index (χ1n) is 7.08. The predicted molar refractivity (Wildman–Crippen MR) is 76.2 cm³/mol. The molecular weight excluding hydrogens is 256 g/mol. The molecule has 2 aromatic rings. The number of benzene rings is 1. The van der Waals surface area contributed by atoms with Gasteiger partial charge < -0.3 is 19.2 Å². The highest BCUT2D eigenvalue weighted by atomic mass is 16.5. The standard InChI is InChI=1S/C15H20N2O3/c1-3-7-16-11-9-19-8-10(11)15-17-14-12(18-2)5-4-6-13(14)20-15/h4-6,10-11,16H,3,7-9H2,1-2H3. The topological polar surface area (TPSA) is 56.5 Å². The Bertz CT molecular complexity index is 582. The smallest absolute Gasteiger partial charge is 0.202 e. The predicted octanol–water partition coefficient (Wildman–Crippen LogP) is 2.32.